The van der Waals surface area contributed by atoms with Crippen LogP contribution in [0.25, 0.3) is 0 Å². The van der Waals surface area contributed by atoms with Gasteiger partial charge in [0.2, 0.25) is 0 Å². The molecule has 19 heavy (non-hydrogen) atoms. The van der Waals surface area contributed by atoms with E-state index in [4.69, 9.17) is 4.74 Å². The van der Waals surface area contributed by atoms with Gasteiger partial charge in [-0.05, 0) is 17.9 Å². The average molecular weight is 265 g/mol. The van der Waals surface area contributed by atoms with E-state index in [1.807, 2.05) is 44.2 Å². The second-order valence-corrected chi connectivity index (χ2v) is 5.05. The Morgan fingerprint density at radius 1 is 1.32 bits per heavy atom. The first-order valence-electron chi connectivity index (χ1n) is 6.58. The summed E-state index contributed by atoms with van der Waals surface area (Å²) in [6, 6.07) is 9.31. The minimum atomic E-state index is -0.632. The van der Waals surface area contributed by atoms with E-state index in [-0.39, 0.29) is 12.5 Å². The van der Waals surface area contributed by atoms with Crippen LogP contribution in [0.4, 0.5) is 0 Å². The van der Waals surface area contributed by atoms with Gasteiger partial charge in [-0.25, -0.2) is 0 Å². The number of rotatable bonds is 7. The summed E-state index contributed by atoms with van der Waals surface area (Å²) in [4.78, 5) is 12.0. The lowest BCUT2D eigenvalue weighted by Crippen LogP contribution is -2.36. The Labute approximate surface area is 114 Å². The molecular weight excluding hydrogens is 242 g/mol. The summed E-state index contributed by atoms with van der Waals surface area (Å²) in [6.07, 6.45) is -0.479. The quantitative estimate of drug-likeness (QED) is 0.791. The molecule has 2 atom stereocenters. The van der Waals surface area contributed by atoms with Crippen LogP contribution >= 0.6 is 0 Å². The summed E-state index contributed by atoms with van der Waals surface area (Å²) in [7, 11) is 1.50. The van der Waals surface area contributed by atoms with Crippen LogP contribution < -0.4 is 5.32 Å². The molecule has 1 aromatic carbocycles. The van der Waals surface area contributed by atoms with E-state index in [2.05, 4.69) is 5.32 Å². The fraction of sp³-hybridized carbons (Fsp3) is 0.533. The lowest BCUT2D eigenvalue weighted by atomic mass is 10.1. The molecule has 0 aliphatic carbocycles. The van der Waals surface area contributed by atoms with Crippen LogP contribution in [0, 0.1) is 5.92 Å². The summed E-state index contributed by atoms with van der Waals surface area (Å²) in [6.45, 7) is 4.32. The molecule has 1 rings (SSSR count). The van der Waals surface area contributed by atoms with Gasteiger partial charge in [-0.2, -0.15) is 0 Å². The highest BCUT2D eigenvalue weighted by Crippen LogP contribution is 2.16. The number of methoxy groups -OCH3 is 1. The number of nitrogens with one attached hydrogen (secondary N) is 1. The third-order valence-corrected chi connectivity index (χ3v) is 2.83. The van der Waals surface area contributed by atoms with Gasteiger partial charge in [-0.3, -0.25) is 4.79 Å². The van der Waals surface area contributed by atoms with E-state index < -0.39 is 12.2 Å². The second kappa shape index (κ2) is 7.92. The van der Waals surface area contributed by atoms with Crippen molar-refractivity contribution >= 4 is 5.91 Å². The van der Waals surface area contributed by atoms with E-state index in [1.54, 1.807) is 0 Å². The molecule has 1 amide bonds. The van der Waals surface area contributed by atoms with Gasteiger partial charge in [0.25, 0.3) is 5.91 Å². The maximum Gasteiger partial charge on any atom is 0.253 e. The molecule has 0 saturated heterocycles. The molecule has 0 spiro atoms. The van der Waals surface area contributed by atoms with Crippen molar-refractivity contribution in [3.8, 4) is 0 Å². The Morgan fingerprint density at radius 3 is 2.47 bits per heavy atom. The average Bonchev–Trinajstić information content (AvgIpc) is 2.38. The van der Waals surface area contributed by atoms with Crippen molar-refractivity contribution in [1.82, 2.24) is 5.32 Å². The first-order valence-corrected chi connectivity index (χ1v) is 6.58. The number of carbonyl (C=O) groups excluding carboxylic acids is 1. The van der Waals surface area contributed by atoms with E-state index in [1.165, 1.54) is 7.11 Å². The summed E-state index contributed by atoms with van der Waals surface area (Å²) in [5.41, 5.74) is 0.806. The molecule has 0 bridgehead atoms. The van der Waals surface area contributed by atoms with Gasteiger partial charge in [-0.1, -0.05) is 44.2 Å². The molecule has 0 saturated carbocycles. The number of ether oxygens (including phenoxy) is 1. The molecule has 0 radical (unpaired) electrons. The van der Waals surface area contributed by atoms with Gasteiger partial charge >= 0.3 is 0 Å². The molecule has 106 valence electrons. The van der Waals surface area contributed by atoms with E-state index >= 15 is 0 Å². The predicted octanol–water partition coefficient (Wildman–Crippen LogP) is 1.90. The minimum Gasteiger partial charge on any atom is -0.391 e. The maximum atomic E-state index is 12.0. The summed E-state index contributed by atoms with van der Waals surface area (Å²) in [5.74, 6) is 0.177. The smallest absolute Gasteiger partial charge is 0.253 e. The Balaban J connectivity index is 2.51. The lowest BCUT2D eigenvalue weighted by molar-refractivity contribution is -0.131. The summed E-state index contributed by atoms with van der Waals surface area (Å²) < 4.78 is 5.22. The first-order chi connectivity index (χ1) is 9.04. The van der Waals surface area contributed by atoms with Crippen LogP contribution in [-0.2, 0) is 9.53 Å². The zero-order chi connectivity index (χ0) is 14.3. The number of hydrogen-bond acceptors (Lipinski definition) is 3. The van der Waals surface area contributed by atoms with Gasteiger partial charge in [0, 0.05) is 13.7 Å². The van der Waals surface area contributed by atoms with Crippen molar-refractivity contribution in [2.45, 2.75) is 32.5 Å². The van der Waals surface area contributed by atoms with Gasteiger partial charge in [-0.15, -0.1) is 0 Å². The zero-order valence-electron chi connectivity index (χ0n) is 11.8. The molecule has 4 heteroatoms. The molecule has 0 heterocycles. The highest BCUT2D eigenvalue weighted by Gasteiger charge is 2.20. The topological polar surface area (TPSA) is 58.6 Å². The molecule has 1 aromatic rings. The molecule has 0 aliphatic heterocycles. The normalized spacial score (nSPS) is 14.2. The third-order valence-electron chi connectivity index (χ3n) is 2.83. The van der Waals surface area contributed by atoms with Crippen LogP contribution in [0.2, 0.25) is 0 Å². The second-order valence-electron chi connectivity index (χ2n) is 5.05. The van der Waals surface area contributed by atoms with Crippen molar-refractivity contribution in [3.63, 3.8) is 0 Å². The Morgan fingerprint density at radius 2 is 1.95 bits per heavy atom. The van der Waals surface area contributed by atoms with Gasteiger partial charge in [0.05, 0.1) is 6.10 Å². The van der Waals surface area contributed by atoms with Gasteiger partial charge in [0.1, 0.15) is 0 Å². The zero-order valence-corrected chi connectivity index (χ0v) is 11.8. The van der Waals surface area contributed by atoms with Crippen LogP contribution in [0.5, 0.6) is 0 Å². The van der Waals surface area contributed by atoms with Crippen LogP contribution in [0.3, 0.4) is 0 Å². The number of aliphatic hydroxyl groups is 1. The van der Waals surface area contributed by atoms with Gasteiger partial charge < -0.3 is 15.2 Å². The van der Waals surface area contributed by atoms with Crippen molar-refractivity contribution in [2.75, 3.05) is 13.7 Å². The fourth-order valence-electron chi connectivity index (χ4n) is 1.96. The maximum absolute atomic E-state index is 12.0. The Bertz CT molecular complexity index is 378. The Hall–Kier alpha value is -1.39. The Kier molecular flexibility index (Phi) is 6.53. The molecule has 0 aliphatic rings. The minimum absolute atomic E-state index is 0.225. The van der Waals surface area contributed by atoms with Crippen molar-refractivity contribution in [2.24, 2.45) is 5.92 Å². The van der Waals surface area contributed by atoms with Crippen molar-refractivity contribution < 1.29 is 14.6 Å². The molecule has 0 fully saturated rings. The highest BCUT2D eigenvalue weighted by atomic mass is 16.5. The monoisotopic (exact) mass is 265 g/mol. The first kappa shape index (κ1) is 15.7. The third kappa shape index (κ3) is 5.41. The van der Waals surface area contributed by atoms with Crippen molar-refractivity contribution in [3.05, 3.63) is 35.9 Å². The molecular formula is C15H23NO3. The number of hydrogen-bond donors (Lipinski definition) is 2. The number of aliphatic hydroxyl groups excluding tert-OH is 1. The number of carbonyl (C=O) groups is 1. The SMILES string of the molecule is COC(C(=O)NCC(O)CC(C)C)c1ccccc1. The van der Waals surface area contributed by atoms with E-state index in [9.17, 15) is 9.90 Å². The van der Waals surface area contributed by atoms with Gasteiger partial charge in [0.15, 0.2) is 6.10 Å². The fourth-order valence-corrected chi connectivity index (χ4v) is 1.96. The number of benzene rings is 1. The largest absolute Gasteiger partial charge is 0.391 e. The molecule has 0 aromatic heterocycles. The molecule has 4 nitrogen and oxygen atoms in total. The predicted molar refractivity (Wildman–Crippen MR) is 74.7 cm³/mol. The summed E-state index contributed by atoms with van der Waals surface area (Å²) >= 11 is 0. The molecule has 2 unspecified atom stereocenters. The van der Waals surface area contributed by atoms with Crippen LogP contribution in [0.15, 0.2) is 30.3 Å². The lowest BCUT2D eigenvalue weighted by Gasteiger charge is -2.18. The van der Waals surface area contributed by atoms with Crippen LogP contribution in [0.1, 0.15) is 31.9 Å². The molecule has 2 N–H and O–H groups in total. The highest BCUT2D eigenvalue weighted by molar-refractivity contribution is 5.82. The summed E-state index contributed by atoms with van der Waals surface area (Å²) in [5, 5.41) is 12.5. The van der Waals surface area contributed by atoms with E-state index in [0.29, 0.717) is 12.3 Å². The number of amides is 1. The van der Waals surface area contributed by atoms with Crippen LogP contribution in [-0.4, -0.2) is 30.8 Å². The van der Waals surface area contributed by atoms with Crippen molar-refractivity contribution in [1.29, 1.82) is 0 Å². The van der Waals surface area contributed by atoms with E-state index in [0.717, 1.165) is 5.56 Å². The standard InChI is InChI=1S/C15H23NO3/c1-11(2)9-13(17)10-16-15(18)14(19-3)12-7-5-4-6-8-12/h4-8,11,13-14,17H,9-10H2,1-3H3,(H,16,18).